The van der Waals surface area contributed by atoms with Crippen LogP contribution < -0.4 is 5.32 Å². The molecule has 0 bridgehead atoms. The molecule has 1 heterocycles. The van der Waals surface area contributed by atoms with Gasteiger partial charge in [-0.25, -0.2) is 9.98 Å². The first kappa shape index (κ1) is 22.2. The largest absolute Gasteiger partial charge is 0.357 e. The summed E-state index contributed by atoms with van der Waals surface area (Å²) < 4.78 is 2.06. The van der Waals surface area contributed by atoms with Crippen molar-refractivity contribution in [1.29, 1.82) is 0 Å². The molecule has 5 nitrogen and oxygen atoms in total. The zero-order chi connectivity index (χ0) is 17.9. The Morgan fingerprint density at radius 1 is 1.31 bits per heavy atom. The average molecular weight is 467 g/mol. The monoisotopic (exact) mass is 467 g/mol. The van der Waals surface area contributed by atoms with E-state index in [2.05, 4.69) is 64.6 Å². The SMILES string of the molecule is C=CCCCN(C)C(=NCc1ccc(Cn2ccnc2)cc1)NCC.I. The Labute approximate surface area is 174 Å². The van der Waals surface area contributed by atoms with Crippen LogP contribution in [0.3, 0.4) is 0 Å². The molecule has 26 heavy (non-hydrogen) atoms. The number of allylic oxidation sites excluding steroid dienone is 1. The van der Waals surface area contributed by atoms with Crippen molar-refractivity contribution in [1.82, 2.24) is 19.8 Å². The van der Waals surface area contributed by atoms with Crippen LogP contribution in [0.15, 0.2) is 60.6 Å². The molecular formula is C20H30IN5. The van der Waals surface area contributed by atoms with Crippen LogP contribution in [0.2, 0.25) is 0 Å². The van der Waals surface area contributed by atoms with Crippen molar-refractivity contribution in [3.8, 4) is 0 Å². The number of benzene rings is 1. The standard InChI is InChI=1S/C20H29N5.HI/c1-4-6-7-13-24(3)20(22-5-2)23-15-18-8-10-19(11-9-18)16-25-14-12-21-17-25;/h4,8-12,14,17H,1,5-7,13,15-16H2,2-3H3,(H,22,23);1H. The van der Waals surface area contributed by atoms with Gasteiger partial charge in [0.1, 0.15) is 0 Å². The minimum atomic E-state index is 0. The highest BCUT2D eigenvalue weighted by Gasteiger charge is 2.04. The van der Waals surface area contributed by atoms with Crippen LogP contribution in [0.4, 0.5) is 0 Å². The molecule has 142 valence electrons. The molecule has 0 aliphatic rings. The lowest BCUT2D eigenvalue weighted by Crippen LogP contribution is -2.39. The number of rotatable bonds is 9. The van der Waals surface area contributed by atoms with Gasteiger partial charge in [0.2, 0.25) is 0 Å². The van der Waals surface area contributed by atoms with Crippen molar-refractivity contribution >= 4 is 29.9 Å². The van der Waals surface area contributed by atoms with Gasteiger partial charge in [-0.2, -0.15) is 0 Å². The minimum absolute atomic E-state index is 0. The summed E-state index contributed by atoms with van der Waals surface area (Å²) in [7, 11) is 2.08. The number of halogens is 1. The number of aromatic nitrogens is 2. The number of imidazole rings is 1. The second-order valence-corrected chi connectivity index (χ2v) is 6.07. The van der Waals surface area contributed by atoms with E-state index in [1.54, 1.807) is 6.20 Å². The summed E-state index contributed by atoms with van der Waals surface area (Å²) >= 11 is 0. The molecule has 0 saturated heterocycles. The van der Waals surface area contributed by atoms with Gasteiger partial charge in [0.25, 0.3) is 0 Å². The molecule has 0 spiro atoms. The average Bonchev–Trinajstić information content (AvgIpc) is 3.13. The summed E-state index contributed by atoms with van der Waals surface area (Å²) in [6.07, 6.45) is 9.70. The summed E-state index contributed by atoms with van der Waals surface area (Å²) in [5.74, 6) is 0.953. The van der Waals surface area contributed by atoms with Gasteiger partial charge in [0, 0.05) is 39.1 Å². The van der Waals surface area contributed by atoms with E-state index in [0.717, 1.165) is 38.4 Å². The third-order valence-electron chi connectivity index (χ3n) is 3.96. The lowest BCUT2D eigenvalue weighted by Gasteiger charge is -2.21. The third-order valence-corrected chi connectivity index (χ3v) is 3.96. The molecule has 6 heteroatoms. The maximum atomic E-state index is 4.76. The fourth-order valence-corrected chi connectivity index (χ4v) is 2.56. The van der Waals surface area contributed by atoms with Gasteiger partial charge in [-0.15, -0.1) is 30.6 Å². The lowest BCUT2D eigenvalue weighted by molar-refractivity contribution is 0.470. The van der Waals surface area contributed by atoms with Gasteiger partial charge in [0.05, 0.1) is 12.9 Å². The number of nitrogens with one attached hydrogen (secondary N) is 1. The van der Waals surface area contributed by atoms with Crippen molar-refractivity contribution in [3.63, 3.8) is 0 Å². The predicted molar refractivity (Wildman–Crippen MR) is 120 cm³/mol. The highest BCUT2D eigenvalue weighted by molar-refractivity contribution is 14.0. The molecule has 0 amide bonds. The summed E-state index contributed by atoms with van der Waals surface area (Å²) in [6, 6.07) is 8.62. The van der Waals surface area contributed by atoms with Crippen LogP contribution >= 0.6 is 24.0 Å². The van der Waals surface area contributed by atoms with E-state index in [0.29, 0.717) is 6.54 Å². The Bertz CT molecular complexity index is 649. The van der Waals surface area contributed by atoms with Crippen LogP contribution in [-0.4, -0.2) is 40.5 Å². The van der Waals surface area contributed by atoms with Crippen LogP contribution in [0.5, 0.6) is 0 Å². The van der Waals surface area contributed by atoms with Gasteiger partial charge in [0.15, 0.2) is 5.96 Å². The van der Waals surface area contributed by atoms with Gasteiger partial charge in [-0.1, -0.05) is 30.3 Å². The third kappa shape index (κ3) is 7.59. The quantitative estimate of drug-likeness (QED) is 0.200. The van der Waals surface area contributed by atoms with Crippen LogP contribution in [0.1, 0.15) is 30.9 Å². The Balaban J connectivity index is 0.00000338. The van der Waals surface area contributed by atoms with Crippen molar-refractivity contribution in [2.24, 2.45) is 4.99 Å². The normalized spacial score (nSPS) is 10.9. The van der Waals surface area contributed by atoms with Gasteiger partial charge >= 0.3 is 0 Å². The van der Waals surface area contributed by atoms with E-state index in [9.17, 15) is 0 Å². The molecule has 1 aromatic heterocycles. The molecule has 2 aromatic rings. The molecule has 0 saturated carbocycles. The van der Waals surface area contributed by atoms with Crippen LogP contribution in [0, 0.1) is 0 Å². The molecule has 0 aliphatic carbocycles. The molecule has 0 atom stereocenters. The first-order valence-corrected chi connectivity index (χ1v) is 8.86. The highest BCUT2D eigenvalue weighted by atomic mass is 127. The van der Waals surface area contributed by atoms with E-state index in [1.807, 2.05) is 18.6 Å². The highest BCUT2D eigenvalue weighted by Crippen LogP contribution is 2.08. The van der Waals surface area contributed by atoms with Crippen molar-refractivity contribution < 1.29 is 0 Å². The molecule has 0 aliphatic heterocycles. The summed E-state index contributed by atoms with van der Waals surface area (Å²) in [5.41, 5.74) is 2.48. The van der Waals surface area contributed by atoms with Gasteiger partial charge in [-0.05, 0) is 30.9 Å². The smallest absolute Gasteiger partial charge is 0.193 e. The second kappa shape index (κ2) is 12.5. The zero-order valence-electron chi connectivity index (χ0n) is 15.8. The molecule has 1 N–H and O–H groups in total. The molecule has 0 unspecified atom stereocenters. The Hall–Kier alpha value is -1.83. The number of hydrogen-bond donors (Lipinski definition) is 1. The van der Waals surface area contributed by atoms with Gasteiger partial charge in [-0.3, -0.25) is 0 Å². The summed E-state index contributed by atoms with van der Waals surface area (Å²) in [5, 5.41) is 3.36. The number of unbranched alkanes of at least 4 members (excludes halogenated alkanes) is 1. The first-order chi connectivity index (χ1) is 12.2. The molecular weight excluding hydrogens is 437 g/mol. The van der Waals surface area contributed by atoms with Crippen LogP contribution in [0.25, 0.3) is 0 Å². The fraction of sp³-hybridized carbons (Fsp3) is 0.400. The minimum Gasteiger partial charge on any atom is -0.357 e. The predicted octanol–water partition coefficient (Wildman–Crippen LogP) is 3.91. The van der Waals surface area contributed by atoms with E-state index < -0.39 is 0 Å². The maximum Gasteiger partial charge on any atom is 0.193 e. The van der Waals surface area contributed by atoms with Crippen LogP contribution in [-0.2, 0) is 13.1 Å². The first-order valence-electron chi connectivity index (χ1n) is 8.86. The number of nitrogens with zero attached hydrogens (tertiary/aromatic N) is 4. The topological polar surface area (TPSA) is 45.5 Å². The Morgan fingerprint density at radius 2 is 2.04 bits per heavy atom. The van der Waals surface area contributed by atoms with Crippen molar-refractivity contribution in [2.45, 2.75) is 32.9 Å². The van der Waals surface area contributed by atoms with E-state index >= 15 is 0 Å². The Morgan fingerprint density at radius 3 is 2.65 bits per heavy atom. The zero-order valence-corrected chi connectivity index (χ0v) is 18.1. The molecule has 1 aromatic carbocycles. The number of hydrogen-bond acceptors (Lipinski definition) is 2. The maximum absolute atomic E-state index is 4.76. The summed E-state index contributed by atoms with van der Waals surface area (Å²) in [4.78, 5) is 11.0. The lowest BCUT2D eigenvalue weighted by atomic mass is 10.1. The van der Waals surface area contributed by atoms with E-state index in [-0.39, 0.29) is 24.0 Å². The van der Waals surface area contributed by atoms with E-state index in [4.69, 9.17) is 4.99 Å². The van der Waals surface area contributed by atoms with Crippen molar-refractivity contribution in [3.05, 3.63) is 66.8 Å². The van der Waals surface area contributed by atoms with Gasteiger partial charge < -0.3 is 14.8 Å². The van der Waals surface area contributed by atoms with E-state index in [1.165, 1.54) is 11.1 Å². The molecule has 0 fully saturated rings. The Kier molecular flexibility index (Phi) is 10.7. The molecule has 2 rings (SSSR count). The molecule has 0 radical (unpaired) electrons. The number of guanidine groups is 1. The second-order valence-electron chi connectivity index (χ2n) is 6.07. The number of aliphatic imine (C=N–C) groups is 1. The van der Waals surface area contributed by atoms with Crippen molar-refractivity contribution in [2.75, 3.05) is 20.1 Å². The summed E-state index contributed by atoms with van der Waals surface area (Å²) in [6.45, 7) is 9.24. The fourth-order valence-electron chi connectivity index (χ4n) is 2.56.